The molecule has 0 saturated carbocycles. The van der Waals surface area contributed by atoms with Gasteiger partial charge in [-0.3, -0.25) is 0 Å². The summed E-state index contributed by atoms with van der Waals surface area (Å²) in [6.07, 6.45) is -3.49. The second-order valence-electron chi connectivity index (χ2n) is 11.0. The summed E-state index contributed by atoms with van der Waals surface area (Å²) >= 11 is 6.40. The molecular formula is C32H30ClF3N4OS. The lowest BCUT2D eigenvalue weighted by molar-refractivity contribution is -0.171. The lowest BCUT2D eigenvalue weighted by atomic mass is 9.77. The zero-order valence-electron chi connectivity index (χ0n) is 23.5. The third kappa shape index (κ3) is 5.25. The molecule has 5 nitrogen and oxygen atoms in total. The summed E-state index contributed by atoms with van der Waals surface area (Å²) in [7, 11) is -0.794. The number of fused-ring (bicyclic) bond motifs is 1. The zero-order valence-corrected chi connectivity index (χ0v) is 25.1. The van der Waals surface area contributed by atoms with E-state index in [0.29, 0.717) is 5.52 Å². The monoisotopic (exact) mass is 610 g/mol. The minimum Gasteiger partial charge on any atom is -0.245 e. The third-order valence-corrected chi connectivity index (χ3v) is 9.16. The first-order valence-electron chi connectivity index (χ1n) is 13.3. The fourth-order valence-electron chi connectivity index (χ4n) is 5.43. The third-order valence-electron chi connectivity index (χ3n) is 7.17. The van der Waals surface area contributed by atoms with E-state index in [0.717, 1.165) is 21.0 Å². The Morgan fingerprint density at radius 3 is 1.69 bits per heavy atom. The molecule has 0 N–H and O–H groups in total. The van der Waals surface area contributed by atoms with Crippen molar-refractivity contribution in [1.82, 2.24) is 19.1 Å². The first kappa shape index (κ1) is 29.9. The van der Waals surface area contributed by atoms with E-state index >= 15 is 13.2 Å². The van der Waals surface area contributed by atoms with Gasteiger partial charge in [-0.2, -0.15) is 18.3 Å². The van der Waals surface area contributed by atoms with E-state index in [-0.39, 0.29) is 16.2 Å². The normalized spacial score (nSPS) is 14.3. The van der Waals surface area contributed by atoms with E-state index in [1.807, 2.05) is 91.0 Å². The van der Waals surface area contributed by atoms with Crippen LogP contribution in [0.5, 0.6) is 0 Å². The van der Waals surface area contributed by atoms with E-state index in [4.69, 9.17) is 16.7 Å². The first-order chi connectivity index (χ1) is 19.9. The van der Waals surface area contributed by atoms with Crippen molar-refractivity contribution in [1.29, 1.82) is 0 Å². The van der Waals surface area contributed by atoms with Gasteiger partial charge in [0.1, 0.15) is 21.7 Å². The lowest BCUT2D eigenvalue weighted by Gasteiger charge is -2.37. The Labute approximate surface area is 250 Å². The van der Waals surface area contributed by atoms with Crippen LogP contribution in [0.15, 0.2) is 103 Å². The second kappa shape index (κ2) is 11.3. The molecule has 0 amide bonds. The van der Waals surface area contributed by atoms with Crippen LogP contribution in [-0.4, -0.2) is 41.2 Å². The molecule has 0 saturated heterocycles. The summed E-state index contributed by atoms with van der Waals surface area (Å²) < 4.78 is 59.9. The molecule has 0 bridgehead atoms. The van der Waals surface area contributed by atoms with Crippen molar-refractivity contribution in [3.8, 4) is 0 Å². The molecule has 0 aliphatic heterocycles. The highest BCUT2D eigenvalue weighted by molar-refractivity contribution is 7.84. The van der Waals surface area contributed by atoms with Crippen molar-refractivity contribution in [3.63, 3.8) is 0 Å². The van der Waals surface area contributed by atoms with Crippen molar-refractivity contribution in [2.24, 2.45) is 0 Å². The molecule has 0 aliphatic carbocycles. The largest absolute Gasteiger partial charge is 0.410 e. The number of benzene rings is 3. The van der Waals surface area contributed by atoms with Crippen LogP contribution in [0.1, 0.15) is 49.2 Å². The van der Waals surface area contributed by atoms with Crippen LogP contribution in [-0.2, 0) is 16.5 Å². The lowest BCUT2D eigenvalue weighted by Crippen LogP contribution is -2.43. The van der Waals surface area contributed by atoms with Gasteiger partial charge < -0.3 is 0 Å². The Morgan fingerprint density at radius 1 is 0.833 bits per heavy atom. The number of alkyl halides is 3. The van der Waals surface area contributed by atoms with Crippen molar-refractivity contribution in [2.45, 2.75) is 43.3 Å². The van der Waals surface area contributed by atoms with Crippen LogP contribution in [0.3, 0.4) is 0 Å². The molecule has 42 heavy (non-hydrogen) atoms. The van der Waals surface area contributed by atoms with Gasteiger partial charge in [-0.15, -0.1) is 0 Å². The molecule has 0 spiro atoms. The number of halogens is 4. The van der Waals surface area contributed by atoms with Gasteiger partial charge >= 0.3 is 6.18 Å². The molecule has 2 aromatic heterocycles. The molecule has 0 fully saturated rings. The number of pyridine rings is 1. The van der Waals surface area contributed by atoms with E-state index in [2.05, 4.69) is 4.98 Å². The molecule has 0 radical (unpaired) electrons. The quantitative estimate of drug-likeness (QED) is 0.139. The van der Waals surface area contributed by atoms with E-state index in [1.54, 1.807) is 25.5 Å². The van der Waals surface area contributed by atoms with Crippen LogP contribution in [0.2, 0.25) is 5.15 Å². The van der Waals surface area contributed by atoms with Gasteiger partial charge in [-0.05, 0) is 37.5 Å². The molecule has 2 unspecified atom stereocenters. The van der Waals surface area contributed by atoms with Gasteiger partial charge in [0.05, 0.1) is 16.0 Å². The first-order valence-corrected chi connectivity index (χ1v) is 14.8. The second-order valence-corrected chi connectivity index (χ2v) is 13.7. The molecule has 0 aliphatic rings. The topological polar surface area (TPSA) is 51.0 Å². The summed E-state index contributed by atoms with van der Waals surface area (Å²) in [5, 5.41) is 5.07. The summed E-state index contributed by atoms with van der Waals surface area (Å²) in [4.78, 5) is 4.15. The number of rotatable bonds is 7. The number of aromatic nitrogens is 3. The molecule has 2 atom stereocenters. The number of hydrogen-bond acceptors (Lipinski definition) is 3. The van der Waals surface area contributed by atoms with Crippen LogP contribution in [0.25, 0.3) is 10.9 Å². The Bertz CT molecular complexity index is 1610. The summed E-state index contributed by atoms with van der Waals surface area (Å²) in [6, 6.07) is 27.8. The van der Waals surface area contributed by atoms with Crippen molar-refractivity contribution >= 4 is 33.5 Å². The van der Waals surface area contributed by atoms with Gasteiger partial charge in [0.15, 0.2) is 6.04 Å². The molecule has 5 rings (SSSR count). The standard InChI is InChI=1S/C32H30ClF3N4OS/c1-30(2,3)42(41)39(4)29(32(34,35)36)28-25-21-37-27(33)20-26(25)40(38-28)31(22-14-8-5-9-15-22,23-16-10-6-11-17-23)24-18-12-7-13-19-24/h5-21,29H,1-4H3. The van der Waals surface area contributed by atoms with Gasteiger partial charge in [-0.1, -0.05) is 103 Å². The molecule has 5 aromatic rings. The molecular weight excluding hydrogens is 581 g/mol. The number of nitrogens with zero attached hydrogens (tertiary/aromatic N) is 4. The van der Waals surface area contributed by atoms with Gasteiger partial charge in [-0.25, -0.2) is 18.2 Å². The van der Waals surface area contributed by atoms with Crippen molar-refractivity contribution in [2.75, 3.05) is 7.05 Å². The van der Waals surface area contributed by atoms with Crippen LogP contribution >= 0.6 is 11.6 Å². The average Bonchev–Trinajstić information content (AvgIpc) is 3.31. The SMILES string of the molecule is CN(C(c1nn(C(c2ccccc2)(c2ccccc2)c2ccccc2)c2cc(Cl)ncc12)C(F)(F)F)S(=O)C(C)(C)C. The van der Waals surface area contributed by atoms with Crippen LogP contribution in [0, 0.1) is 0 Å². The van der Waals surface area contributed by atoms with Crippen LogP contribution < -0.4 is 0 Å². The fraction of sp³-hybridized carbons (Fsp3) is 0.250. The molecule has 10 heteroatoms. The maximum atomic E-state index is 15.0. The maximum absolute atomic E-state index is 15.0. The Morgan fingerprint density at radius 2 is 1.29 bits per heavy atom. The summed E-state index contributed by atoms with van der Waals surface area (Å²) in [5.41, 5.74) is 1.17. The Balaban J connectivity index is 1.95. The molecule has 3 aromatic carbocycles. The highest BCUT2D eigenvalue weighted by Gasteiger charge is 2.50. The minimum absolute atomic E-state index is 0.105. The van der Waals surface area contributed by atoms with Crippen molar-refractivity contribution < 1.29 is 17.4 Å². The maximum Gasteiger partial charge on any atom is 0.410 e. The predicted molar refractivity (Wildman–Crippen MR) is 162 cm³/mol. The van der Waals surface area contributed by atoms with E-state index in [1.165, 1.54) is 19.3 Å². The van der Waals surface area contributed by atoms with E-state index < -0.39 is 33.5 Å². The van der Waals surface area contributed by atoms with Gasteiger partial charge in [0.2, 0.25) is 0 Å². The Hall–Kier alpha value is -3.53. The highest BCUT2D eigenvalue weighted by atomic mass is 35.5. The Kier molecular flexibility index (Phi) is 8.04. The average molecular weight is 611 g/mol. The minimum atomic E-state index is -4.81. The van der Waals surface area contributed by atoms with Gasteiger partial charge in [0.25, 0.3) is 0 Å². The summed E-state index contributed by atoms with van der Waals surface area (Å²) in [6.45, 7) is 4.91. The molecule has 218 valence electrons. The zero-order chi connectivity index (χ0) is 30.3. The van der Waals surface area contributed by atoms with E-state index in [9.17, 15) is 4.21 Å². The smallest absolute Gasteiger partial charge is 0.245 e. The molecule has 2 heterocycles. The van der Waals surface area contributed by atoms with Crippen molar-refractivity contribution in [3.05, 3.63) is 131 Å². The van der Waals surface area contributed by atoms with Crippen LogP contribution in [0.4, 0.5) is 13.2 Å². The van der Waals surface area contributed by atoms with Gasteiger partial charge in [0, 0.05) is 24.7 Å². The highest BCUT2D eigenvalue weighted by Crippen LogP contribution is 2.46. The fourth-order valence-corrected chi connectivity index (χ4v) is 6.86. The summed E-state index contributed by atoms with van der Waals surface area (Å²) in [5.74, 6) is 0. The number of hydrogen-bond donors (Lipinski definition) is 0. The predicted octanol–water partition coefficient (Wildman–Crippen LogP) is 7.92.